The second kappa shape index (κ2) is 11.2. The third kappa shape index (κ3) is 6.81. The van der Waals surface area contributed by atoms with Crippen molar-refractivity contribution in [2.75, 3.05) is 20.3 Å². The van der Waals surface area contributed by atoms with Gasteiger partial charge in [-0.1, -0.05) is 6.58 Å². The summed E-state index contributed by atoms with van der Waals surface area (Å²) in [6, 6.07) is 6.69. The van der Waals surface area contributed by atoms with Crippen molar-refractivity contribution in [3.05, 3.63) is 36.9 Å². The Hall–Kier alpha value is -2.67. The van der Waals surface area contributed by atoms with Crippen molar-refractivity contribution in [3.8, 4) is 11.5 Å². The van der Waals surface area contributed by atoms with Gasteiger partial charge in [-0.3, -0.25) is 4.79 Å². The van der Waals surface area contributed by atoms with Crippen molar-refractivity contribution >= 4 is 18.2 Å². The fourth-order valence-electron chi connectivity index (χ4n) is 2.90. The number of rotatable bonds is 10. The van der Waals surface area contributed by atoms with Gasteiger partial charge in [0.25, 0.3) is 0 Å². The van der Waals surface area contributed by atoms with E-state index in [9.17, 15) is 14.4 Å². The molecule has 7 heteroatoms. The molecule has 1 unspecified atom stereocenters. The van der Waals surface area contributed by atoms with Gasteiger partial charge in [0.05, 0.1) is 5.92 Å². The van der Waals surface area contributed by atoms with Crippen molar-refractivity contribution in [1.82, 2.24) is 0 Å². The number of carbonyl (C=O) groups is 3. The lowest BCUT2D eigenvalue weighted by Gasteiger charge is -2.23. The van der Waals surface area contributed by atoms with E-state index in [1.165, 1.54) is 7.11 Å². The van der Waals surface area contributed by atoms with Crippen LogP contribution >= 0.6 is 0 Å². The highest BCUT2D eigenvalue weighted by atomic mass is 16.6. The molecule has 0 spiro atoms. The van der Waals surface area contributed by atoms with Crippen LogP contribution in [0.5, 0.6) is 11.5 Å². The fourth-order valence-corrected chi connectivity index (χ4v) is 2.90. The van der Waals surface area contributed by atoms with E-state index in [1.807, 2.05) is 0 Å². The highest BCUT2D eigenvalue weighted by molar-refractivity contribution is 5.81. The van der Waals surface area contributed by atoms with Gasteiger partial charge in [-0.05, 0) is 49.9 Å². The summed E-state index contributed by atoms with van der Waals surface area (Å²) in [5, 5.41) is 0. The molecule has 1 fully saturated rings. The lowest BCUT2D eigenvalue weighted by molar-refractivity contribution is -0.142. The van der Waals surface area contributed by atoms with Crippen LogP contribution in [0.4, 0.5) is 0 Å². The molecule has 1 atom stereocenters. The minimum absolute atomic E-state index is 0.0589. The molecular weight excluding hydrogens is 364 g/mol. The minimum atomic E-state index is -0.520. The van der Waals surface area contributed by atoms with E-state index in [0.717, 1.165) is 25.2 Å². The zero-order valence-electron chi connectivity index (χ0n) is 16.0. The summed E-state index contributed by atoms with van der Waals surface area (Å²) in [4.78, 5) is 34.1. The highest BCUT2D eigenvalue weighted by Gasteiger charge is 2.27. The van der Waals surface area contributed by atoms with E-state index < -0.39 is 12.1 Å². The third-order valence-electron chi connectivity index (χ3n) is 4.69. The zero-order chi connectivity index (χ0) is 20.4. The maximum Gasteiger partial charge on any atom is 0.330 e. The van der Waals surface area contributed by atoms with Gasteiger partial charge in [0.1, 0.15) is 37.1 Å². The van der Waals surface area contributed by atoms with Gasteiger partial charge in [-0.25, -0.2) is 4.79 Å². The molecular formula is C21H26O7. The largest absolute Gasteiger partial charge is 0.491 e. The molecule has 1 aromatic rings. The van der Waals surface area contributed by atoms with E-state index in [0.29, 0.717) is 24.3 Å². The molecule has 152 valence electrons. The predicted molar refractivity (Wildman–Crippen MR) is 101 cm³/mol. The molecule has 2 rings (SSSR count). The molecule has 0 aliphatic heterocycles. The maximum absolute atomic E-state index is 12.2. The monoisotopic (exact) mass is 390 g/mol. The van der Waals surface area contributed by atoms with Gasteiger partial charge in [-0.15, -0.1) is 0 Å². The first kappa shape index (κ1) is 21.6. The Morgan fingerprint density at radius 2 is 1.75 bits per heavy atom. The van der Waals surface area contributed by atoms with Crippen LogP contribution in [0, 0.1) is 11.8 Å². The van der Waals surface area contributed by atoms with Crippen LogP contribution in [-0.2, 0) is 23.9 Å². The van der Waals surface area contributed by atoms with E-state index in [4.69, 9.17) is 18.9 Å². The zero-order valence-corrected chi connectivity index (χ0v) is 16.0. The molecule has 0 heterocycles. The van der Waals surface area contributed by atoms with Crippen molar-refractivity contribution in [2.45, 2.75) is 31.8 Å². The number of aldehydes is 1. The van der Waals surface area contributed by atoms with Crippen molar-refractivity contribution in [3.63, 3.8) is 0 Å². The maximum atomic E-state index is 12.2. The summed E-state index contributed by atoms with van der Waals surface area (Å²) in [7, 11) is 1.50. The first-order chi connectivity index (χ1) is 13.5. The van der Waals surface area contributed by atoms with Crippen molar-refractivity contribution in [2.24, 2.45) is 11.8 Å². The average Bonchev–Trinajstić information content (AvgIpc) is 2.74. The number of ether oxygens (including phenoxy) is 4. The molecule has 0 amide bonds. The number of benzene rings is 1. The van der Waals surface area contributed by atoms with Gasteiger partial charge < -0.3 is 23.7 Å². The molecule has 28 heavy (non-hydrogen) atoms. The summed E-state index contributed by atoms with van der Waals surface area (Å²) in [6.07, 6.45) is 4.47. The molecule has 1 saturated carbocycles. The molecule has 0 N–H and O–H groups in total. The minimum Gasteiger partial charge on any atom is -0.491 e. The van der Waals surface area contributed by atoms with Crippen molar-refractivity contribution < 1.29 is 33.3 Å². The number of hydrogen-bond donors (Lipinski definition) is 0. The Bertz CT molecular complexity index is 660. The van der Waals surface area contributed by atoms with Crippen LogP contribution in [0.1, 0.15) is 25.7 Å². The highest BCUT2D eigenvalue weighted by Crippen LogP contribution is 2.29. The molecule has 1 aliphatic rings. The van der Waals surface area contributed by atoms with E-state index in [1.54, 1.807) is 24.3 Å². The van der Waals surface area contributed by atoms with Gasteiger partial charge in [0.15, 0.2) is 0 Å². The fraction of sp³-hybridized carbons (Fsp3) is 0.476. The quantitative estimate of drug-likeness (QED) is 0.263. The lowest BCUT2D eigenvalue weighted by atomic mass is 9.83. The van der Waals surface area contributed by atoms with Gasteiger partial charge >= 0.3 is 11.9 Å². The summed E-state index contributed by atoms with van der Waals surface area (Å²) in [5.41, 5.74) is 0. The lowest BCUT2D eigenvalue weighted by Crippen LogP contribution is -2.27. The Labute approximate surface area is 164 Å². The van der Waals surface area contributed by atoms with Gasteiger partial charge in [0, 0.05) is 19.1 Å². The van der Waals surface area contributed by atoms with E-state index in [-0.39, 0.29) is 31.0 Å². The molecule has 7 nitrogen and oxygen atoms in total. The first-order valence-electron chi connectivity index (χ1n) is 9.27. The molecule has 0 saturated heterocycles. The molecule has 0 radical (unpaired) electrons. The third-order valence-corrected chi connectivity index (χ3v) is 4.69. The molecule has 0 aromatic heterocycles. The Morgan fingerprint density at radius 1 is 1.11 bits per heavy atom. The number of esters is 2. The second-order valence-corrected chi connectivity index (χ2v) is 6.64. The Morgan fingerprint density at radius 3 is 2.32 bits per heavy atom. The van der Waals surface area contributed by atoms with Crippen LogP contribution in [-0.4, -0.2) is 44.7 Å². The van der Waals surface area contributed by atoms with Gasteiger partial charge in [-0.2, -0.15) is 0 Å². The normalized spacial score (nSPS) is 19.9. The first-order valence-corrected chi connectivity index (χ1v) is 9.27. The second-order valence-electron chi connectivity index (χ2n) is 6.64. The van der Waals surface area contributed by atoms with Crippen LogP contribution in [0.2, 0.25) is 0 Å². The van der Waals surface area contributed by atoms with Gasteiger partial charge in [0.2, 0.25) is 0 Å². The standard InChI is InChI=1S/C21H26O7/c1-3-20(23)27-14-19(25-2)13-26-17-8-10-18(11-9-17)28-21(24)16-6-4-15(12-22)5-7-16/h3,8-12,15-16,19H,1,4-7,13-14H2,2H3. The van der Waals surface area contributed by atoms with E-state index >= 15 is 0 Å². The van der Waals surface area contributed by atoms with Crippen LogP contribution in [0.15, 0.2) is 36.9 Å². The van der Waals surface area contributed by atoms with Crippen LogP contribution in [0.25, 0.3) is 0 Å². The summed E-state index contributed by atoms with van der Waals surface area (Å²) in [5.74, 6) is 0.139. The summed E-state index contributed by atoms with van der Waals surface area (Å²) in [6.45, 7) is 3.58. The van der Waals surface area contributed by atoms with Crippen LogP contribution < -0.4 is 9.47 Å². The Balaban J connectivity index is 1.77. The van der Waals surface area contributed by atoms with E-state index in [2.05, 4.69) is 6.58 Å². The molecule has 1 aromatic carbocycles. The molecule has 1 aliphatic carbocycles. The Kier molecular flexibility index (Phi) is 8.68. The topological polar surface area (TPSA) is 88.1 Å². The SMILES string of the molecule is C=CC(=O)OCC(COc1ccc(OC(=O)C2CCC(C=O)CC2)cc1)OC. The van der Waals surface area contributed by atoms with Crippen LogP contribution in [0.3, 0.4) is 0 Å². The van der Waals surface area contributed by atoms with Crippen molar-refractivity contribution in [1.29, 1.82) is 0 Å². The smallest absolute Gasteiger partial charge is 0.330 e. The number of hydrogen-bond acceptors (Lipinski definition) is 7. The number of methoxy groups -OCH3 is 1. The average molecular weight is 390 g/mol. The summed E-state index contributed by atoms with van der Waals surface area (Å²) >= 11 is 0. The predicted octanol–water partition coefficient (Wildman–Crippen LogP) is 2.72. The number of carbonyl (C=O) groups excluding carboxylic acids is 3. The summed E-state index contributed by atoms with van der Waals surface area (Å²) < 4.78 is 21.2. The molecule has 0 bridgehead atoms.